The number of nitrogens with zero attached hydrogens (tertiary/aromatic N) is 2. The fourth-order valence-electron chi connectivity index (χ4n) is 3.46. The lowest BCUT2D eigenvalue weighted by molar-refractivity contribution is 0.105. The molecule has 0 amide bonds. The third-order valence-electron chi connectivity index (χ3n) is 4.69. The molecule has 0 bridgehead atoms. The van der Waals surface area contributed by atoms with Crippen molar-refractivity contribution in [3.8, 4) is 6.07 Å². The van der Waals surface area contributed by atoms with Crippen LogP contribution in [0.1, 0.15) is 30.5 Å². The van der Waals surface area contributed by atoms with Gasteiger partial charge in [-0.25, -0.2) is 8.78 Å². The van der Waals surface area contributed by atoms with Crippen molar-refractivity contribution in [3.63, 3.8) is 0 Å². The van der Waals surface area contributed by atoms with Crippen molar-refractivity contribution in [2.75, 3.05) is 13.1 Å². The van der Waals surface area contributed by atoms with Gasteiger partial charge < -0.3 is 5.32 Å². The van der Waals surface area contributed by atoms with Crippen LogP contribution in [0.15, 0.2) is 48.5 Å². The van der Waals surface area contributed by atoms with Crippen molar-refractivity contribution in [3.05, 3.63) is 71.3 Å². The van der Waals surface area contributed by atoms with Crippen LogP contribution in [-0.2, 0) is 0 Å². The van der Waals surface area contributed by atoms with Gasteiger partial charge in [0.1, 0.15) is 11.6 Å². The first-order chi connectivity index (χ1) is 12.1. The van der Waals surface area contributed by atoms with Crippen LogP contribution in [-0.4, -0.2) is 30.1 Å². The van der Waals surface area contributed by atoms with Crippen molar-refractivity contribution in [2.45, 2.75) is 31.5 Å². The van der Waals surface area contributed by atoms with Crippen LogP contribution in [0, 0.1) is 23.0 Å². The van der Waals surface area contributed by atoms with Crippen LogP contribution in [0.4, 0.5) is 8.78 Å². The van der Waals surface area contributed by atoms with Gasteiger partial charge in [-0.1, -0.05) is 24.3 Å². The number of nitriles is 1. The topological polar surface area (TPSA) is 39.1 Å². The van der Waals surface area contributed by atoms with Crippen LogP contribution in [0.25, 0.3) is 0 Å². The minimum atomic E-state index is -0.288. The Kier molecular flexibility index (Phi) is 5.42. The summed E-state index contributed by atoms with van der Waals surface area (Å²) in [4.78, 5) is 2.27. The number of hydrogen-bond donors (Lipinski definition) is 1. The predicted octanol–water partition coefficient (Wildman–Crippen LogP) is 3.63. The van der Waals surface area contributed by atoms with E-state index in [1.165, 1.54) is 24.3 Å². The highest BCUT2D eigenvalue weighted by molar-refractivity contribution is 5.33. The maximum absolute atomic E-state index is 13.4. The maximum Gasteiger partial charge on any atom is 0.123 e. The Bertz CT molecular complexity index is 692. The molecule has 2 aromatic carbocycles. The van der Waals surface area contributed by atoms with Crippen LogP contribution in [0.3, 0.4) is 0 Å². The number of benzene rings is 2. The summed E-state index contributed by atoms with van der Waals surface area (Å²) in [6.07, 6.45) is 0.401. The summed E-state index contributed by atoms with van der Waals surface area (Å²) < 4.78 is 26.8. The normalized spacial score (nSPS) is 21.2. The van der Waals surface area contributed by atoms with Crippen molar-refractivity contribution in [1.82, 2.24) is 10.2 Å². The van der Waals surface area contributed by atoms with E-state index in [4.69, 9.17) is 0 Å². The monoisotopic (exact) mass is 341 g/mol. The van der Waals surface area contributed by atoms with Crippen molar-refractivity contribution < 1.29 is 8.78 Å². The fraction of sp³-hybridized carbons (Fsp3) is 0.350. The lowest BCUT2D eigenvalue weighted by Gasteiger charge is -2.43. The number of rotatable bonds is 4. The molecule has 5 heteroatoms. The molecule has 3 rings (SSSR count). The van der Waals surface area contributed by atoms with E-state index in [0.29, 0.717) is 13.0 Å². The van der Waals surface area contributed by atoms with Crippen LogP contribution < -0.4 is 5.32 Å². The Hall–Kier alpha value is -2.29. The van der Waals surface area contributed by atoms with Crippen LogP contribution in [0.2, 0.25) is 0 Å². The molecular weight excluding hydrogens is 320 g/mol. The average molecular weight is 341 g/mol. The zero-order valence-electron chi connectivity index (χ0n) is 14.1. The summed E-state index contributed by atoms with van der Waals surface area (Å²) in [6.45, 7) is 3.57. The first-order valence-corrected chi connectivity index (χ1v) is 8.45. The zero-order valence-corrected chi connectivity index (χ0v) is 14.1. The van der Waals surface area contributed by atoms with Gasteiger partial charge in [-0.3, -0.25) is 4.90 Å². The van der Waals surface area contributed by atoms with E-state index in [-0.39, 0.29) is 29.8 Å². The maximum atomic E-state index is 13.4. The third kappa shape index (κ3) is 4.04. The number of nitrogens with one attached hydrogen (secondary N) is 1. The molecule has 1 aliphatic rings. The molecule has 2 atom stereocenters. The molecule has 0 unspecified atom stereocenters. The lowest BCUT2D eigenvalue weighted by atomic mass is 9.93. The molecule has 25 heavy (non-hydrogen) atoms. The highest BCUT2D eigenvalue weighted by atomic mass is 19.1. The molecule has 1 heterocycles. The number of hydrogen-bond acceptors (Lipinski definition) is 3. The quantitative estimate of drug-likeness (QED) is 0.923. The predicted molar refractivity (Wildman–Crippen MR) is 92.8 cm³/mol. The van der Waals surface area contributed by atoms with E-state index in [0.717, 1.165) is 17.7 Å². The Morgan fingerprint density at radius 1 is 1.08 bits per heavy atom. The minimum Gasteiger partial charge on any atom is -0.311 e. The standard InChI is InChI=1S/C20H21F2N3/c1-14-13-25(19(10-11-23)12-24-14)20(15-2-6-17(21)7-3-15)16-4-8-18(22)9-5-16/h2-9,14,19-20,24H,10,12-13H2,1H3/t14-,19+/m0/s1. The molecule has 0 aliphatic carbocycles. The van der Waals surface area contributed by atoms with E-state index in [2.05, 4.69) is 23.2 Å². The van der Waals surface area contributed by atoms with E-state index < -0.39 is 0 Å². The first-order valence-electron chi connectivity index (χ1n) is 8.45. The molecule has 0 aromatic heterocycles. The molecule has 130 valence electrons. The van der Waals surface area contributed by atoms with Gasteiger partial charge in [0.05, 0.1) is 18.5 Å². The van der Waals surface area contributed by atoms with Gasteiger partial charge in [-0.2, -0.15) is 5.26 Å². The highest BCUT2D eigenvalue weighted by Crippen LogP contribution is 2.32. The average Bonchev–Trinajstić information content (AvgIpc) is 2.61. The second kappa shape index (κ2) is 7.73. The Balaban J connectivity index is 2.04. The molecule has 1 fully saturated rings. The summed E-state index contributed by atoms with van der Waals surface area (Å²) >= 11 is 0. The molecule has 0 radical (unpaired) electrons. The van der Waals surface area contributed by atoms with Crippen molar-refractivity contribution in [1.29, 1.82) is 5.26 Å². The van der Waals surface area contributed by atoms with Gasteiger partial charge in [-0.15, -0.1) is 0 Å². The summed E-state index contributed by atoms with van der Waals surface area (Å²) in [5.41, 5.74) is 1.87. The second-order valence-corrected chi connectivity index (χ2v) is 6.53. The van der Waals surface area contributed by atoms with Crippen molar-refractivity contribution in [2.24, 2.45) is 0 Å². The zero-order chi connectivity index (χ0) is 17.8. The molecule has 2 aromatic rings. The molecule has 0 spiro atoms. The van der Waals surface area contributed by atoms with Crippen molar-refractivity contribution >= 4 is 0 Å². The summed E-state index contributed by atoms with van der Waals surface area (Å²) in [5.74, 6) is -0.576. The van der Waals surface area contributed by atoms with E-state index in [9.17, 15) is 14.0 Å². The number of piperazine rings is 1. The molecule has 3 nitrogen and oxygen atoms in total. The van der Waals surface area contributed by atoms with Gasteiger partial charge in [0.2, 0.25) is 0 Å². The summed E-state index contributed by atoms with van der Waals surface area (Å²) in [7, 11) is 0. The van der Waals surface area contributed by atoms with Gasteiger partial charge >= 0.3 is 0 Å². The first kappa shape index (κ1) is 17.5. The third-order valence-corrected chi connectivity index (χ3v) is 4.69. The van der Waals surface area contributed by atoms with Gasteiger partial charge in [0.15, 0.2) is 0 Å². The van der Waals surface area contributed by atoms with E-state index in [1.807, 2.05) is 0 Å². The lowest BCUT2D eigenvalue weighted by Crippen LogP contribution is -2.56. The highest BCUT2D eigenvalue weighted by Gasteiger charge is 2.33. The minimum absolute atomic E-state index is 0.0429. The van der Waals surface area contributed by atoms with Gasteiger partial charge in [0, 0.05) is 25.2 Å². The van der Waals surface area contributed by atoms with E-state index in [1.54, 1.807) is 24.3 Å². The fourth-order valence-corrected chi connectivity index (χ4v) is 3.46. The summed E-state index contributed by atoms with van der Waals surface area (Å²) in [6, 6.07) is 15.2. The molecule has 1 aliphatic heterocycles. The van der Waals surface area contributed by atoms with Gasteiger partial charge in [-0.05, 0) is 42.3 Å². The smallest absolute Gasteiger partial charge is 0.123 e. The molecule has 1 saturated heterocycles. The Morgan fingerprint density at radius 3 is 2.08 bits per heavy atom. The molecule has 1 N–H and O–H groups in total. The molecular formula is C20H21F2N3. The van der Waals surface area contributed by atoms with Crippen LogP contribution in [0.5, 0.6) is 0 Å². The summed E-state index contributed by atoms with van der Waals surface area (Å²) in [5, 5.41) is 12.6. The van der Waals surface area contributed by atoms with Gasteiger partial charge in [0.25, 0.3) is 0 Å². The number of halogens is 2. The SMILES string of the molecule is C[C@H]1CN(C(c2ccc(F)cc2)c2ccc(F)cc2)[C@H](CC#N)CN1. The van der Waals surface area contributed by atoms with E-state index >= 15 is 0 Å². The second-order valence-electron chi connectivity index (χ2n) is 6.53. The Morgan fingerprint density at radius 2 is 1.60 bits per heavy atom. The Labute approximate surface area is 146 Å². The largest absolute Gasteiger partial charge is 0.311 e. The van der Waals surface area contributed by atoms with Crippen LogP contribution >= 0.6 is 0 Å². The molecule has 0 saturated carbocycles.